The van der Waals surface area contributed by atoms with Gasteiger partial charge < -0.3 is 0 Å². The molecule has 0 spiro atoms. The number of aliphatic imine (C=N–C) groups is 1. The van der Waals surface area contributed by atoms with Crippen LogP contribution in [-0.2, 0) is 0 Å². The molecule has 0 bridgehead atoms. The number of allylic oxidation sites excluding steroid dienone is 3. The fourth-order valence-electron chi connectivity index (χ4n) is 0.609. The SMILES string of the molecule is CSC(=CC=C(C)C)N=C(C)C. The first-order valence-electron chi connectivity index (χ1n) is 3.97. The average Bonchev–Trinajstić information content (AvgIpc) is 1.97. The predicted octanol–water partition coefficient (Wildman–Crippen LogP) is 3.64. The van der Waals surface area contributed by atoms with Gasteiger partial charge in [0, 0.05) is 5.71 Å². The third kappa shape index (κ3) is 6.23. The second-order valence-electron chi connectivity index (χ2n) is 3.01. The van der Waals surface area contributed by atoms with Crippen LogP contribution in [0.2, 0.25) is 0 Å². The lowest BCUT2D eigenvalue weighted by Gasteiger charge is -1.95. The fraction of sp³-hybridized carbons (Fsp3) is 0.500. The maximum absolute atomic E-state index is 4.36. The molecule has 0 atom stereocenters. The van der Waals surface area contributed by atoms with Crippen molar-refractivity contribution in [1.82, 2.24) is 0 Å². The Morgan fingerprint density at radius 1 is 1.08 bits per heavy atom. The summed E-state index contributed by atoms with van der Waals surface area (Å²) in [4.78, 5) is 4.36. The molecule has 1 nitrogen and oxygen atoms in total. The Morgan fingerprint density at radius 3 is 2.00 bits per heavy atom. The molecule has 0 amide bonds. The molecule has 0 aliphatic carbocycles. The standard InChI is InChI=1S/C10H17NS/c1-8(2)6-7-10(12-5)11-9(3)4/h6-7H,1-5H3. The zero-order chi connectivity index (χ0) is 9.56. The van der Waals surface area contributed by atoms with Crippen molar-refractivity contribution in [2.24, 2.45) is 4.99 Å². The van der Waals surface area contributed by atoms with Crippen molar-refractivity contribution in [3.8, 4) is 0 Å². The topological polar surface area (TPSA) is 12.4 Å². The number of rotatable bonds is 3. The van der Waals surface area contributed by atoms with Gasteiger partial charge >= 0.3 is 0 Å². The number of hydrogen-bond acceptors (Lipinski definition) is 2. The summed E-state index contributed by atoms with van der Waals surface area (Å²) in [6, 6.07) is 0. The highest BCUT2D eigenvalue weighted by molar-refractivity contribution is 8.02. The number of thioether (sulfide) groups is 1. The average molecular weight is 183 g/mol. The lowest BCUT2D eigenvalue weighted by atomic mass is 10.3. The zero-order valence-corrected chi connectivity index (χ0v) is 9.33. The van der Waals surface area contributed by atoms with E-state index in [-0.39, 0.29) is 0 Å². The monoisotopic (exact) mass is 183 g/mol. The van der Waals surface area contributed by atoms with Gasteiger partial charge in [-0.1, -0.05) is 11.6 Å². The molecule has 0 unspecified atom stereocenters. The molecule has 0 fully saturated rings. The molecule has 0 saturated heterocycles. The summed E-state index contributed by atoms with van der Waals surface area (Å²) in [5.41, 5.74) is 2.39. The van der Waals surface area contributed by atoms with E-state index >= 15 is 0 Å². The van der Waals surface area contributed by atoms with Gasteiger partial charge in [-0.15, -0.1) is 11.8 Å². The van der Waals surface area contributed by atoms with E-state index < -0.39 is 0 Å². The smallest absolute Gasteiger partial charge is 0.0956 e. The summed E-state index contributed by atoms with van der Waals surface area (Å²) in [5, 5.41) is 1.07. The fourth-order valence-corrected chi connectivity index (χ4v) is 1.09. The second-order valence-corrected chi connectivity index (χ2v) is 3.84. The summed E-state index contributed by atoms with van der Waals surface area (Å²) < 4.78 is 0. The largest absolute Gasteiger partial charge is 0.252 e. The highest BCUT2D eigenvalue weighted by Gasteiger charge is 1.88. The molecule has 0 rings (SSSR count). The van der Waals surface area contributed by atoms with Crippen LogP contribution in [0.5, 0.6) is 0 Å². The minimum Gasteiger partial charge on any atom is -0.252 e. The van der Waals surface area contributed by atoms with Crippen LogP contribution in [0.15, 0.2) is 27.7 Å². The Labute approximate surface area is 79.7 Å². The van der Waals surface area contributed by atoms with Crippen LogP contribution in [0, 0.1) is 0 Å². The molecular weight excluding hydrogens is 166 g/mol. The van der Waals surface area contributed by atoms with Gasteiger partial charge in [-0.05, 0) is 40.0 Å². The molecule has 0 saturated carbocycles. The van der Waals surface area contributed by atoms with Crippen molar-refractivity contribution in [1.29, 1.82) is 0 Å². The van der Waals surface area contributed by atoms with Crippen molar-refractivity contribution in [3.05, 3.63) is 22.8 Å². The van der Waals surface area contributed by atoms with Crippen molar-refractivity contribution < 1.29 is 0 Å². The highest BCUT2D eigenvalue weighted by atomic mass is 32.2. The van der Waals surface area contributed by atoms with Crippen LogP contribution in [0.25, 0.3) is 0 Å². The molecule has 0 aromatic carbocycles. The Kier molecular flexibility index (Phi) is 5.81. The quantitative estimate of drug-likeness (QED) is 0.480. The Bertz CT molecular complexity index is 216. The molecule has 0 aromatic rings. The van der Waals surface area contributed by atoms with Crippen LogP contribution in [0.1, 0.15) is 27.7 Å². The van der Waals surface area contributed by atoms with E-state index in [0.29, 0.717) is 0 Å². The van der Waals surface area contributed by atoms with Gasteiger partial charge in [0.1, 0.15) is 0 Å². The minimum absolute atomic E-state index is 1.07. The van der Waals surface area contributed by atoms with Gasteiger partial charge in [-0.2, -0.15) is 0 Å². The van der Waals surface area contributed by atoms with Crippen LogP contribution in [0.3, 0.4) is 0 Å². The second kappa shape index (κ2) is 6.06. The van der Waals surface area contributed by atoms with Crippen LogP contribution >= 0.6 is 11.8 Å². The van der Waals surface area contributed by atoms with Crippen molar-refractivity contribution in [3.63, 3.8) is 0 Å². The van der Waals surface area contributed by atoms with Gasteiger partial charge in [0.25, 0.3) is 0 Å². The maximum atomic E-state index is 4.36. The van der Waals surface area contributed by atoms with Crippen molar-refractivity contribution in [2.45, 2.75) is 27.7 Å². The van der Waals surface area contributed by atoms with E-state index in [0.717, 1.165) is 10.7 Å². The molecule has 2 heteroatoms. The first-order valence-corrected chi connectivity index (χ1v) is 5.20. The van der Waals surface area contributed by atoms with Gasteiger partial charge in [-0.25, -0.2) is 0 Å². The lowest BCUT2D eigenvalue weighted by molar-refractivity contribution is 1.38. The summed E-state index contributed by atoms with van der Waals surface area (Å²) in [6.07, 6.45) is 6.17. The van der Waals surface area contributed by atoms with Crippen molar-refractivity contribution >= 4 is 17.5 Å². The lowest BCUT2D eigenvalue weighted by Crippen LogP contribution is -1.80. The van der Waals surface area contributed by atoms with Crippen LogP contribution in [0.4, 0.5) is 0 Å². The maximum Gasteiger partial charge on any atom is 0.0956 e. The van der Waals surface area contributed by atoms with Crippen LogP contribution in [-0.4, -0.2) is 12.0 Å². The molecule has 0 radical (unpaired) electrons. The summed E-state index contributed by atoms with van der Waals surface area (Å²) >= 11 is 1.67. The van der Waals surface area contributed by atoms with E-state index in [1.54, 1.807) is 11.8 Å². The third-order valence-corrected chi connectivity index (χ3v) is 1.75. The number of nitrogens with zero attached hydrogens (tertiary/aromatic N) is 1. The Balaban J connectivity index is 4.45. The zero-order valence-electron chi connectivity index (χ0n) is 8.51. The molecule has 0 N–H and O–H groups in total. The minimum atomic E-state index is 1.07. The predicted molar refractivity (Wildman–Crippen MR) is 59.8 cm³/mol. The van der Waals surface area contributed by atoms with E-state index in [9.17, 15) is 0 Å². The molecular formula is C10H17NS. The normalized spacial score (nSPS) is 10.9. The molecule has 0 aliphatic rings. The van der Waals surface area contributed by atoms with Gasteiger partial charge in [0.2, 0.25) is 0 Å². The Hall–Kier alpha value is -0.500. The van der Waals surface area contributed by atoms with Crippen molar-refractivity contribution in [2.75, 3.05) is 6.26 Å². The van der Waals surface area contributed by atoms with E-state index in [1.807, 2.05) is 26.2 Å². The van der Waals surface area contributed by atoms with Crippen LogP contribution < -0.4 is 0 Å². The molecule has 0 aromatic heterocycles. The van der Waals surface area contributed by atoms with E-state index in [2.05, 4.69) is 24.9 Å². The first kappa shape index (κ1) is 11.5. The van der Waals surface area contributed by atoms with E-state index in [1.165, 1.54) is 5.57 Å². The summed E-state index contributed by atoms with van der Waals surface area (Å²) in [7, 11) is 0. The van der Waals surface area contributed by atoms with Gasteiger partial charge in [-0.3, -0.25) is 4.99 Å². The third-order valence-electron chi connectivity index (χ3n) is 1.10. The summed E-state index contributed by atoms with van der Waals surface area (Å²) in [6.45, 7) is 8.17. The molecule has 68 valence electrons. The van der Waals surface area contributed by atoms with E-state index in [4.69, 9.17) is 0 Å². The van der Waals surface area contributed by atoms with Gasteiger partial charge in [0.15, 0.2) is 0 Å². The highest BCUT2D eigenvalue weighted by Crippen LogP contribution is 2.13. The number of hydrogen-bond donors (Lipinski definition) is 0. The molecule has 12 heavy (non-hydrogen) atoms. The molecule has 0 aliphatic heterocycles. The molecule has 0 heterocycles. The first-order chi connectivity index (χ1) is 5.56. The summed E-state index contributed by atoms with van der Waals surface area (Å²) in [5.74, 6) is 0. The Morgan fingerprint density at radius 2 is 1.67 bits per heavy atom. The van der Waals surface area contributed by atoms with Gasteiger partial charge in [0.05, 0.1) is 5.03 Å².